The van der Waals surface area contributed by atoms with Crippen LogP contribution in [0.5, 0.6) is 0 Å². The molecule has 91 valence electrons. The fourth-order valence-electron chi connectivity index (χ4n) is 1.99. The van der Waals surface area contributed by atoms with Gasteiger partial charge in [0, 0.05) is 39.8 Å². The van der Waals surface area contributed by atoms with Gasteiger partial charge in [-0.2, -0.15) is 0 Å². The van der Waals surface area contributed by atoms with Crippen molar-refractivity contribution in [1.29, 1.82) is 0 Å². The van der Waals surface area contributed by atoms with Gasteiger partial charge in [0.25, 0.3) is 0 Å². The zero-order valence-corrected chi connectivity index (χ0v) is 9.66. The Morgan fingerprint density at radius 2 is 2.06 bits per heavy atom. The third-order valence-corrected chi connectivity index (χ3v) is 2.97. The van der Waals surface area contributed by atoms with Crippen LogP contribution in [-0.4, -0.2) is 68.7 Å². The van der Waals surface area contributed by atoms with E-state index in [1.807, 2.05) is 0 Å². The lowest BCUT2D eigenvalue weighted by Crippen LogP contribution is -2.52. The summed E-state index contributed by atoms with van der Waals surface area (Å²) < 4.78 is 5.06. The summed E-state index contributed by atoms with van der Waals surface area (Å²) in [5.41, 5.74) is 0. The van der Waals surface area contributed by atoms with Crippen molar-refractivity contribution in [3.05, 3.63) is 6.29 Å². The monoisotopic (exact) mass is 227 g/mol. The van der Waals surface area contributed by atoms with Gasteiger partial charge in [0.1, 0.15) is 0 Å². The molecule has 2 saturated heterocycles. The molecule has 2 aliphatic rings. The molecule has 0 aromatic heterocycles. The van der Waals surface area contributed by atoms with Gasteiger partial charge >= 0.3 is 0 Å². The largest absolute Gasteiger partial charge is 0.383 e. The van der Waals surface area contributed by atoms with Gasteiger partial charge in [-0.1, -0.05) is 0 Å². The Morgan fingerprint density at radius 3 is 2.62 bits per heavy atom. The summed E-state index contributed by atoms with van der Waals surface area (Å²) in [7, 11) is 1.73. The summed E-state index contributed by atoms with van der Waals surface area (Å²) in [4.78, 5) is 15.6. The van der Waals surface area contributed by atoms with Gasteiger partial charge < -0.3 is 10.1 Å². The number of amides is 1. The first-order valence-electron chi connectivity index (χ1n) is 5.66. The van der Waals surface area contributed by atoms with Gasteiger partial charge in [0.2, 0.25) is 12.2 Å². The third kappa shape index (κ3) is 2.91. The topological polar surface area (TPSA) is 56.8 Å². The third-order valence-electron chi connectivity index (χ3n) is 2.97. The van der Waals surface area contributed by atoms with E-state index in [2.05, 4.69) is 20.4 Å². The van der Waals surface area contributed by atoms with Crippen LogP contribution in [0.15, 0.2) is 0 Å². The Hall–Kier alpha value is -0.690. The number of carbonyl (C=O) groups is 1. The first-order chi connectivity index (χ1) is 7.79. The Kier molecular flexibility index (Phi) is 4.11. The molecule has 2 N–H and O–H groups in total. The fourth-order valence-corrected chi connectivity index (χ4v) is 1.99. The van der Waals surface area contributed by atoms with Gasteiger partial charge in [-0.15, -0.1) is 0 Å². The standard InChI is InChI=1S/C10H19N4O2/c1-16-7-6-13-2-4-14(5-3-13)10-11-8-9(15)12-10/h11H,2-8H2,1H3,(H,12,15). The zero-order valence-electron chi connectivity index (χ0n) is 9.66. The summed E-state index contributed by atoms with van der Waals surface area (Å²) in [6.45, 7) is 6.11. The van der Waals surface area contributed by atoms with Crippen LogP contribution >= 0.6 is 0 Å². The van der Waals surface area contributed by atoms with Gasteiger partial charge in [-0.3, -0.25) is 19.9 Å². The molecule has 0 unspecified atom stereocenters. The number of ether oxygens (including phenoxy) is 1. The van der Waals surface area contributed by atoms with Gasteiger partial charge in [0.15, 0.2) is 0 Å². The molecule has 0 saturated carbocycles. The number of piperazine rings is 1. The molecular weight excluding hydrogens is 208 g/mol. The quantitative estimate of drug-likeness (QED) is 0.607. The van der Waals surface area contributed by atoms with Crippen molar-refractivity contribution in [3.63, 3.8) is 0 Å². The van der Waals surface area contributed by atoms with Crippen molar-refractivity contribution >= 4 is 5.91 Å². The Balaban J connectivity index is 1.70. The number of carbonyl (C=O) groups excluding carboxylic acids is 1. The number of hydrogen-bond acceptors (Lipinski definition) is 5. The van der Waals surface area contributed by atoms with Crippen LogP contribution in [0.25, 0.3) is 0 Å². The molecule has 0 bridgehead atoms. The van der Waals surface area contributed by atoms with Crippen molar-refractivity contribution in [1.82, 2.24) is 20.4 Å². The highest BCUT2D eigenvalue weighted by atomic mass is 16.5. The highest BCUT2D eigenvalue weighted by Gasteiger charge is 2.29. The highest BCUT2D eigenvalue weighted by Crippen LogP contribution is 2.09. The molecule has 6 nitrogen and oxygen atoms in total. The van der Waals surface area contributed by atoms with Gasteiger partial charge in [0.05, 0.1) is 13.2 Å². The van der Waals surface area contributed by atoms with E-state index in [0.717, 1.165) is 45.6 Å². The molecule has 0 aromatic carbocycles. The molecule has 0 spiro atoms. The number of nitrogens with zero attached hydrogens (tertiary/aromatic N) is 2. The van der Waals surface area contributed by atoms with Crippen LogP contribution in [0.1, 0.15) is 0 Å². The van der Waals surface area contributed by atoms with E-state index in [-0.39, 0.29) is 5.91 Å². The van der Waals surface area contributed by atoms with E-state index in [4.69, 9.17) is 4.74 Å². The number of nitrogens with one attached hydrogen (secondary N) is 2. The molecule has 6 heteroatoms. The molecular formula is C10H19N4O2. The van der Waals surface area contributed by atoms with E-state index >= 15 is 0 Å². The SMILES string of the molecule is COCCN1CCN([C]2NCC(=O)N2)CC1. The fraction of sp³-hybridized carbons (Fsp3) is 0.800. The molecule has 0 atom stereocenters. The maximum atomic E-state index is 11.1. The Morgan fingerprint density at radius 1 is 1.31 bits per heavy atom. The van der Waals surface area contributed by atoms with Crippen molar-refractivity contribution in [2.75, 3.05) is 53.0 Å². The predicted molar refractivity (Wildman–Crippen MR) is 59.3 cm³/mol. The van der Waals surface area contributed by atoms with Crippen LogP contribution in [0.2, 0.25) is 0 Å². The summed E-state index contributed by atoms with van der Waals surface area (Å²) in [5.74, 6) is 0.0526. The molecule has 1 radical (unpaired) electrons. The summed E-state index contributed by atoms with van der Waals surface area (Å²) >= 11 is 0. The minimum atomic E-state index is 0.0526. The molecule has 2 aliphatic heterocycles. The summed E-state index contributed by atoms with van der Waals surface area (Å²) in [6, 6.07) is 0. The van der Waals surface area contributed by atoms with Crippen molar-refractivity contribution in [2.45, 2.75) is 0 Å². The zero-order chi connectivity index (χ0) is 11.4. The molecule has 1 amide bonds. The second kappa shape index (κ2) is 5.58. The average molecular weight is 227 g/mol. The molecule has 2 fully saturated rings. The Labute approximate surface area is 95.9 Å². The molecule has 0 aromatic rings. The van der Waals surface area contributed by atoms with E-state index in [1.54, 1.807) is 7.11 Å². The van der Waals surface area contributed by atoms with E-state index < -0.39 is 0 Å². The van der Waals surface area contributed by atoms with Crippen molar-refractivity contribution in [2.24, 2.45) is 0 Å². The first-order valence-corrected chi connectivity index (χ1v) is 5.66. The molecule has 2 rings (SSSR count). The van der Waals surface area contributed by atoms with Crippen molar-refractivity contribution in [3.8, 4) is 0 Å². The lowest BCUT2D eigenvalue weighted by molar-refractivity contribution is -0.118. The van der Waals surface area contributed by atoms with Crippen LogP contribution < -0.4 is 10.6 Å². The second-order valence-electron chi connectivity index (χ2n) is 4.07. The van der Waals surface area contributed by atoms with E-state index in [0.29, 0.717) is 6.54 Å². The lowest BCUT2D eigenvalue weighted by atomic mass is 10.3. The maximum Gasteiger partial charge on any atom is 0.236 e. The van der Waals surface area contributed by atoms with Crippen LogP contribution in [0.4, 0.5) is 0 Å². The highest BCUT2D eigenvalue weighted by molar-refractivity contribution is 5.81. The molecule has 2 heterocycles. The second-order valence-corrected chi connectivity index (χ2v) is 4.07. The number of methoxy groups -OCH3 is 1. The lowest BCUT2D eigenvalue weighted by Gasteiger charge is -2.36. The number of rotatable bonds is 4. The maximum absolute atomic E-state index is 11.1. The molecule has 16 heavy (non-hydrogen) atoms. The first kappa shape index (κ1) is 11.8. The number of hydrogen-bond donors (Lipinski definition) is 2. The smallest absolute Gasteiger partial charge is 0.236 e. The summed E-state index contributed by atoms with van der Waals surface area (Å²) in [6.07, 6.45) is 0.872. The Bertz CT molecular complexity index is 241. The van der Waals surface area contributed by atoms with Gasteiger partial charge in [-0.25, -0.2) is 0 Å². The summed E-state index contributed by atoms with van der Waals surface area (Å²) in [5, 5.41) is 5.90. The van der Waals surface area contributed by atoms with Crippen LogP contribution in [0, 0.1) is 6.29 Å². The van der Waals surface area contributed by atoms with Gasteiger partial charge in [-0.05, 0) is 0 Å². The van der Waals surface area contributed by atoms with Crippen molar-refractivity contribution < 1.29 is 9.53 Å². The molecule has 0 aliphatic carbocycles. The van der Waals surface area contributed by atoms with Crippen LogP contribution in [0.3, 0.4) is 0 Å². The average Bonchev–Trinajstić information content (AvgIpc) is 2.74. The normalized spacial score (nSPS) is 24.9. The minimum Gasteiger partial charge on any atom is -0.383 e. The van der Waals surface area contributed by atoms with E-state index in [1.165, 1.54) is 0 Å². The van der Waals surface area contributed by atoms with Crippen LogP contribution in [-0.2, 0) is 9.53 Å². The van der Waals surface area contributed by atoms with E-state index in [9.17, 15) is 4.79 Å². The minimum absolute atomic E-state index is 0.0526. The predicted octanol–water partition coefficient (Wildman–Crippen LogP) is -1.58.